The van der Waals surface area contributed by atoms with E-state index >= 15 is 0 Å². The first kappa shape index (κ1) is 9.36. The fourth-order valence-corrected chi connectivity index (χ4v) is 2.20. The molecule has 0 aromatic heterocycles. The highest BCUT2D eigenvalue weighted by Crippen LogP contribution is 2.53. The highest BCUT2D eigenvalue weighted by molar-refractivity contribution is 5.22. The van der Waals surface area contributed by atoms with Gasteiger partial charge in [0.15, 0.2) is 0 Å². The predicted octanol–water partition coefficient (Wildman–Crippen LogP) is -2.15. The van der Waals surface area contributed by atoms with Crippen molar-refractivity contribution in [2.24, 2.45) is 5.92 Å². The summed E-state index contributed by atoms with van der Waals surface area (Å²) in [6.45, 7) is 1.30. The Morgan fingerprint density at radius 2 is 2.00 bits per heavy atom. The summed E-state index contributed by atoms with van der Waals surface area (Å²) in [5.74, 6) is -0.576. The van der Waals surface area contributed by atoms with E-state index in [1.54, 1.807) is 6.92 Å². The predicted molar refractivity (Wildman–Crippen MR) is 41.9 cm³/mol. The lowest BCUT2D eigenvalue weighted by atomic mass is 10.00. The van der Waals surface area contributed by atoms with Gasteiger partial charge in [0.1, 0.15) is 11.7 Å². The molecule has 5 heteroatoms. The number of ether oxygens (including phenoxy) is 1. The maximum absolute atomic E-state index is 9.77. The van der Waals surface area contributed by atoms with Crippen molar-refractivity contribution >= 4 is 0 Å². The monoisotopic (exact) mass is 190 g/mol. The molecule has 76 valence electrons. The van der Waals surface area contributed by atoms with Crippen LogP contribution in [0.1, 0.15) is 6.92 Å². The second kappa shape index (κ2) is 2.65. The van der Waals surface area contributed by atoms with Gasteiger partial charge >= 0.3 is 0 Å². The van der Waals surface area contributed by atoms with Crippen LogP contribution in [0.2, 0.25) is 0 Å². The first-order chi connectivity index (χ1) is 6.03. The Balaban J connectivity index is 2.20. The molecule has 13 heavy (non-hydrogen) atoms. The van der Waals surface area contributed by atoms with Crippen molar-refractivity contribution in [1.29, 1.82) is 0 Å². The highest BCUT2D eigenvalue weighted by Gasteiger charge is 2.74. The summed E-state index contributed by atoms with van der Waals surface area (Å²) in [7, 11) is 0. The molecule has 2 fully saturated rings. The number of hydrogen-bond donors (Lipinski definition) is 4. The van der Waals surface area contributed by atoms with E-state index in [1.165, 1.54) is 0 Å². The maximum Gasteiger partial charge on any atom is 0.127 e. The number of fused-ring (bicyclic) bond motifs is 1. The van der Waals surface area contributed by atoms with Crippen LogP contribution in [-0.2, 0) is 4.74 Å². The number of hydrogen-bond acceptors (Lipinski definition) is 5. The molecule has 4 N–H and O–H groups in total. The fourth-order valence-electron chi connectivity index (χ4n) is 2.20. The Bertz CT molecular complexity index is 217. The average molecular weight is 190 g/mol. The summed E-state index contributed by atoms with van der Waals surface area (Å²) < 4.78 is 5.17. The van der Waals surface area contributed by atoms with E-state index < -0.39 is 35.9 Å². The van der Waals surface area contributed by atoms with E-state index in [4.69, 9.17) is 9.84 Å². The molecule has 1 heterocycles. The van der Waals surface area contributed by atoms with E-state index in [1.807, 2.05) is 0 Å². The lowest BCUT2D eigenvalue weighted by Crippen LogP contribution is -2.49. The molecule has 2 rings (SSSR count). The van der Waals surface area contributed by atoms with E-state index in [2.05, 4.69) is 0 Å². The zero-order chi connectivity index (χ0) is 9.80. The minimum atomic E-state index is -1.44. The molecule has 2 aliphatic rings. The van der Waals surface area contributed by atoms with Crippen LogP contribution in [0.3, 0.4) is 0 Å². The molecule has 0 spiro atoms. The van der Waals surface area contributed by atoms with Crippen LogP contribution in [0.4, 0.5) is 0 Å². The van der Waals surface area contributed by atoms with Crippen LogP contribution in [0, 0.1) is 5.92 Å². The molecule has 1 aliphatic carbocycles. The largest absolute Gasteiger partial charge is 0.394 e. The Labute approximate surface area is 75.6 Å². The van der Waals surface area contributed by atoms with E-state index in [9.17, 15) is 15.3 Å². The van der Waals surface area contributed by atoms with Crippen molar-refractivity contribution in [2.45, 2.75) is 36.9 Å². The first-order valence-electron chi connectivity index (χ1n) is 4.38. The molecule has 0 aromatic rings. The van der Waals surface area contributed by atoms with Gasteiger partial charge in [-0.1, -0.05) is 0 Å². The van der Waals surface area contributed by atoms with Crippen LogP contribution >= 0.6 is 0 Å². The summed E-state index contributed by atoms with van der Waals surface area (Å²) in [4.78, 5) is 0. The second-order valence-corrected chi connectivity index (χ2v) is 3.86. The SMILES string of the molecule is C[C@@H]1OC(CO)C2(O)C(O)C2C1O. The molecule has 5 nitrogen and oxygen atoms in total. The zero-order valence-electron chi connectivity index (χ0n) is 7.29. The Morgan fingerprint density at radius 1 is 1.38 bits per heavy atom. The van der Waals surface area contributed by atoms with Crippen LogP contribution in [0.25, 0.3) is 0 Å². The average Bonchev–Trinajstić information content (AvgIpc) is 2.64. The number of aliphatic hydroxyl groups excluding tert-OH is 3. The van der Waals surface area contributed by atoms with Gasteiger partial charge in [0, 0.05) is 0 Å². The van der Waals surface area contributed by atoms with Gasteiger partial charge in [-0.3, -0.25) is 0 Å². The van der Waals surface area contributed by atoms with Crippen LogP contribution < -0.4 is 0 Å². The quantitative estimate of drug-likeness (QED) is 0.378. The molecule has 0 amide bonds. The smallest absolute Gasteiger partial charge is 0.127 e. The van der Waals surface area contributed by atoms with E-state index in [-0.39, 0.29) is 6.61 Å². The third-order valence-electron chi connectivity index (χ3n) is 3.15. The van der Waals surface area contributed by atoms with Gasteiger partial charge in [0.05, 0.1) is 30.8 Å². The van der Waals surface area contributed by atoms with Crippen molar-refractivity contribution in [3.8, 4) is 0 Å². The lowest BCUT2D eigenvalue weighted by molar-refractivity contribution is -0.181. The number of aliphatic hydroxyl groups is 4. The molecule has 6 atom stereocenters. The summed E-state index contributed by atoms with van der Waals surface area (Å²) >= 11 is 0. The first-order valence-corrected chi connectivity index (χ1v) is 4.38. The fraction of sp³-hybridized carbons (Fsp3) is 1.00. The third kappa shape index (κ3) is 0.992. The maximum atomic E-state index is 9.77. The molecular weight excluding hydrogens is 176 g/mol. The van der Waals surface area contributed by atoms with Crippen molar-refractivity contribution in [3.63, 3.8) is 0 Å². The molecular formula is C8H14O5. The molecule has 1 saturated heterocycles. The molecule has 0 radical (unpaired) electrons. The normalized spacial score (nSPS) is 60.2. The minimum absolute atomic E-state index is 0.346. The lowest BCUT2D eigenvalue weighted by Gasteiger charge is -2.33. The summed E-state index contributed by atoms with van der Waals surface area (Å²) in [5, 5.41) is 37.6. The summed E-state index contributed by atoms with van der Waals surface area (Å²) in [5.41, 5.74) is -1.44. The molecule has 0 aromatic carbocycles. The molecule has 1 aliphatic heterocycles. The summed E-state index contributed by atoms with van der Waals surface area (Å²) in [6.07, 6.45) is -3.09. The molecule has 1 saturated carbocycles. The Morgan fingerprint density at radius 3 is 2.54 bits per heavy atom. The van der Waals surface area contributed by atoms with Crippen LogP contribution in [0.5, 0.6) is 0 Å². The van der Waals surface area contributed by atoms with Gasteiger partial charge in [-0.05, 0) is 6.92 Å². The van der Waals surface area contributed by atoms with Crippen LogP contribution in [-0.4, -0.2) is 57.0 Å². The van der Waals surface area contributed by atoms with Crippen LogP contribution in [0.15, 0.2) is 0 Å². The van der Waals surface area contributed by atoms with Crippen molar-refractivity contribution in [2.75, 3.05) is 6.61 Å². The molecule has 5 unspecified atom stereocenters. The second-order valence-electron chi connectivity index (χ2n) is 3.86. The molecule has 0 bridgehead atoms. The Kier molecular flexibility index (Phi) is 1.91. The van der Waals surface area contributed by atoms with Crippen molar-refractivity contribution < 1.29 is 25.2 Å². The summed E-state index contributed by atoms with van der Waals surface area (Å²) in [6, 6.07) is 0. The zero-order valence-corrected chi connectivity index (χ0v) is 7.29. The van der Waals surface area contributed by atoms with Crippen molar-refractivity contribution in [1.82, 2.24) is 0 Å². The van der Waals surface area contributed by atoms with Gasteiger partial charge in [-0.15, -0.1) is 0 Å². The Hall–Kier alpha value is -0.200. The highest BCUT2D eigenvalue weighted by atomic mass is 16.5. The van der Waals surface area contributed by atoms with Gasteiger partial charge < -0.3 is 25.2 Å². The number of rotatable bonds is 1. The van der Waals surface area contributed by atoms with E-state index in [0.29, 0.717) is 0 Å². The van der Waals surface area contributed by atoms with Crippen molar-refractivity contribution in [3.05, 3.63) is 0 Å². The van der Waals surface area contributed by atoms with Gasteiger partial charge in [-0.25, -0.2) is 0 Å². The van der Waals surface area contributed by atoms with Gasteiger partial charge in [0.25, 0.3) is 0 Å². The van der Waals surface area contributed by atoms with Gasteiger partial charge in [0.2, 0.25) is 0 Å². The minimum Gasteiger partial charge on any atom is -0.394 e. The van der Waals surface area contributed by atoms with Gasteiger partial charge in [-0.2, -0.15) is 0 Å². The standard InChI is InChI=1S/C8H14O5/c1-3-6(10)5-7(11)8(5,12)4(2-9)13-3/h3-7,9-12H,2H2,1H3/t3-,4?,5?,6?,7?,8?/m0/s1. The third-order valence-corrected chi connectivity index (χ3v) is 3.15. The topological polar surface area (TPSA) is 90.2 Å². The van der Waals surface area contributed by atoms with E-state index in [0.717, 1.165) is 0 Å².